The van der Waals surface area contributed by atoms with Crippen LogP contribution < -0.4 is 5.32 Å². The monoisotopic (exact) mass is 297 g/mol. The molecule has 1 heterocycles. The molecular weight excluding hydrogens is 270 g/mol. The summed E-state index contributed by atoms with van der Waals surface area (Å²) in [4.78, 5) is 0. The molecule has 0 saturated carbocycles. The Morgan fingerprint density at radius 3 is 1.95 bits per heavy atom. The van der Waals surface area contributed by atoms with Crippen molar-refractivity contribution in [1.82, 2.24) is 5.32 Å². The summed E-state index contributed by atoms with van der Waals surface area (Å²) in [7, 11) is 0. The van der Waals surface area contributed by atoms with E-state index in [0.29, 0.717) is 11.8 Å². The van der Waals surface area contributed by atoms with Crippen LogP contribution in [0, 0.1) is 0 Å². The highest BCUT2D eigenvalue weighted by molar-refractivity contribution is 5.85. The zero-order valence-corrected chi connectivity index (χ0v) is 14.3. The number of hydrogen-bond acceptors (Lipinski definition) is 2. The number of hydrogen-bond donors (Lipinski definition) is 2. The molecule has 20 heavy (non-hydrogen) atoms. The number of halogens is 1. The Morgan fingerprint density at radius 2 is 1.60 bits per heavy atom. The van der Waals surface area contributed by atoms with Gasteiger partial charge in [-0.2, -0.15) is 0 Å². The quantitative estimate of drug-likeness (QED) is 0.803. The van der Waals surface area contributed by atoms with Gasteiger partial charge in [0.2, 0.25) is 0 Å². The first-order chi connectivity index (χ1) is 8.60. The van der Waals surface area contributed by atoms with Gasteiger partial charge in [-0.3, -0.25) is 0 Å². The highest BCUT2D eigenvalue weighted by atomic mass is 35.5. The van der Waals surface area contributed by atoms with Crippen molar-refractivity contribution in [3.63, 3.8) is 0 Å². The molecule has 1 aliphatic heterocycles. The van der Waals surface area contributed by atoms with Crippen LogP contribution in [0.25, 0.3) is 0 Å². The van der Waals surface area contributed by atoms with Crippen molar-refractivity contribution < 1.29 is 5.11 Å². The third kappa shape index (κ3) is 3.29. The molecule has 0 aromatic heterocycles. The Kier molecular flexibility index (Phi) is 4.83. The number of aromatic hydroxyl groups is 1. The summed E-state index contributed by atoms with van der Waals surface area (Å²) in [6.45, 7) is 14.2. The van der Waals surface area contributed by atoms with Gasteiger partial charge in [-0.25, -0.2) is 0 Å². The lowest BCUT2D eigenvalue weighted by molar-refractivity contribution is 0.358. The third-order valence-corrected chi connectivity index (χ3v) is 4.01. The fourth-order valence-electron chi connectivity index (χ4n) is 2.48. The van der Waals surface area contributed by atoms with E-state index in [4.69, 9.17) is 0 Å². The summed E-state index contributed by atoms with van der Waals surface area (Å²) in [6.07, 6.45) is 1.12. The normalized spacial score (nSPS) is 19.2. The van der Waals surface area contributed by atoms with E-state index in [1.54, 1.807) is 0 Å². The Morgan fingerprint density at radius 1 is 1.05 bits per heavy atom. The van der Waals surface area contributed by atoms with E-state index in [1.165, 1.54) is 5.56 Å². The van der Waals surface area contributed by atoms with Gasteiger partial charge >= 0.3 is 0 Å². The van der Waals surface area contributed by atoms with Crippen molar-refractivity contribution in [2.75, 3.05) is 6.54 Å². The van der Waals surface area contributed by atoms with Crippen molar-refractivity contribution in [2.24, 2.45) is 0 Å². The van der Waals surface area contributed by atoms with Gasteiger partial charge in [0.1, 0.15) is 5.75 Å². The van der Waals surface area contributed by atoms with E-state index in [2.05, 4.69) is 59.0 Å². The van der Waals surface area contributed by atoms with Gasteiger partial charge < -0.3 is 10.4 Å². The predicted octanol–water partition coefficient (Wildman–Crippen LogP) is 4.44. The van der Waals surface area contributed by atoms with Crippen molar-refractivity contribution in [3.05, 3.63) is 28.8 Å². The largest absolute Gasteiger partial charge is 0.507 e. The maximum Gasteiger partial charge on any atom is 0.124 e. The molecule has 3 heteroatoms. The van der Waals surface area contributed by atoms with Gasteiger partial charge in [0, 0.05) is 11.6 Å². The van der Waals surface area contributed by atoms with Crippen molar-refractivity contribution in [3.8, 4) is 5.75 Å². The summed E-state index contributed by atoms with van der Waals surface area (Å²) < 4.78 is 0. The Balaban J connectivity index is 0.00000200. The van der Waals surface area contributed by atoms with E-state index in [1.807, 2.05) is 0 Å². The maximum atomic E-state index is 10.6. The summed E-state index contributed by atoms with van der Waals surface area (Å²) in [6, 6.07) is 4.68. The minimum absolute atomic E-state index is 0. The Hall–Kier alpha value is -0.730. The fraction of sp³-hybridized carbons (Fsp3) is 0.647. The van der Waals surface area contributed by atoms with E-state index in [-0.39, 0.29) is 23.2 Å². The minimum Gasteiger partial charge on any atom is -0.507 e. The van der Waals surface area contributed by atoms with E-state index in [0.717, 1.165) is 24.1 Å². The molecule has 0 radical (unpaired) electrons. The van der Waals surface area contributed by atoms with E-state index >= 15 is 0 Å². The predicted molar refractivity (Wildman–Crippen MR) is 88.1 cm³/mol. The number of nitrogens with one attached hydrogen (secondary N) is 1. The summed E-state index contributed by atoms with van der Waals surface area (Å²) in [5.41, 5.74) is 3.50. The van der Waals surface area contributed by atoms with Crippen LogP contribution in [0.3, 0.4) is 0 Å². The molecule has 1 atom stereocenters. The molecule has 1 aromatic rings. The standard InChI is InChI=1S/C17H27NO.ClH/c1-16(2,3)11-9-12(14-7-8-18-14)15(19)13(10-11)17(4,5)6;/h9-10,14,18-19H,7-8H2,1-6H3;1H/t14-;/m1./s1. The highest BCUT2D eigenvalue weighted by Gasteiger charge is 2.29. The highest BCUT2D eigenvalue weighted by Crippen LogP contribution is 2.41. The molecule has 1 fully saturated rings. The Bertz CT molecular complexity index is 479. The zero-order valence-electron chi connectivity index (χ0n) is 13.5. The molecular formula is C17H28ClNO. The van der Waals surface area contributed by atoms with Gasteiger partial charge in [-0.1, -0.05) is 47.6 Å². The van der Waals surface area contributed by atoms with Gasteiger partial charge in [-0.05, 0) is 41.0 Å². The van der Waals surface area contributed by atoms with Crippen LogP contribution in [-0.4, -0.2) is 11.7 Å². The average Bonchev–Trinajstić information content (AvgIpc) is 2.14. The van der Waals surface area contributed by atoms with Gasteiger partial charge in [-0.15, -0.1) is 12.4 Å². The molecule has 114 valence electrons. The number of benzene rings is 1. The van der Waals surface area contributed by atoms with Gasteiger partial charge in [0.05, 0.1) is 0 Å². The van der Waals surface area contributed by atoms with E-state index < -0.39 is 0 Å². The molecule has 1 aromatic carbocycles. The first-order valence-corrected chi connectivity index (χ1v) is 7.22. The zero-order chi connectivity index (χ0) is 14.4. The molecule has 1 saturated heterocycles. The maximum absolute atomic E-state index is 10.6. The minimum atomic E-state index is -0.0379. The first-order valence-electron chi connectivity index (χ1n) is 7.22. The molecule has 2 nitrogen and oxygen atoms in total. The molecule has 2 N–H and O–H groups in total. The van der Waals surface area contributed by atoms with Crippen LogP contribution in [0.5, 0.6) is 5.75 Å². The van der Waals surface area contributed by atoms with Crippen LogP contribution in [0.4, 0.5) is 0 Å². The van der Waals surface area contributed by atoms with Gasteiger partial charge in [0.15, 0.2) is 0 Å². The molecule has 0 aliphatic carbocycles. The van der Waals surface area contributed by atoms with Crippen molar-refractivity contribution in [1.29, 1.82) is 0 Å². The van der Waals surface area contributed by atoms with Crippen molar-refractivity contribution >= 4 is 12.4 Å². The van der Waals surface area contributed by atoms with Crippen LogP contribution in [0.1, 0.15) is 70.7 Å². The molecule has 2 rings (SSSR count). The Labute approximate surface area is 129 Å². The van der Waals surface area contributed by atoms with Crippen LogP contribution >= 0.6 is 12.4 Å². The molecule has 0 spiro atoms. The topological polar surface area (TPSA) is 32.3 Å². The first kappa shape index (κ1) is 17.3. The molecule has 0 amide bonds. The number of rotatable bonds is 1. The summed E-state index contributed by atoms with van der Waals surface area (Å²) in [5.74, 6) is 0.484. The lowest BCUT2D eigenvalue weighted by Crippen LogP contribution is -2.35. The third-order valence-electron chi connectivity index (χ3n) is 4.01. The van der Waals surface area contributed by atoms with Crippen LogP contribution in [0.15, 0.2) is 12.1 Å². The second kappa shape index (κ2) is 5.57. The van der Waals surface area contributed by atoms with Crippen LogP contribution in [0.2, 0.25) is 0 Å². The van der Waals surface area contributed by atoms with Crippen LogP contribution in [-0.2, 0) is 10.8 Å². The lowest BCUT2D eigenvalue weighted by atomic mass is 9.77. The smallest absolute Gasteiger partial charge is 0.124 e. The second-order valence-electron chi connectivity index (χ2n) is 7.76. The molecule has 0 bridgehead atoms. The van der Waals surface area contributed by atoms with Gasteiger partial charge in [0.25, 0.3) is 0 Å². The molecule has 1 aliphatic rings. The number of phenolic OH excluding ortho intramolecular Hbond substituents is 1. The fourth-order valence-corrected chi connectivity index (χ4v) is 2.48. The second-order valence-corrected chi connectivity index (χ2v) is 7.76. The number of phenols is 1. The van der Waals surface area contributed by atoms with Crippen molar-refractivity contribution in [2.45, 2.75) is 64.8 Å². The average molecular weight is 298 g/mol. The SMILES string of the molecule is CC(C)(C)c1cc([C@H]2CCN2)c(O)c(C(C)(C)C)c1.Cl. The lowest BCUT2D eigenvalue weighted by Gasteiger charge is -2.33. The summed E-state index contributed by atoms with van der Waals surface area (Å²) >= 11 is 0. The summed E-state index contributed by atoms with van der Waals surface area (Å²) in [5, 5.41) is 14.0. The molecule has 0 unspecified atom stereocenters. The van der Waals surface area contributed by atoms with E-state index in [9.17, 15) is 5.11 Å².